The predicted octanol–water partition coefficient (Wildman–Crippen LogP) is 3.49. The lowest BCUT2D eigenvalue weighted by Crippen LogP contribution is -1.92. The Balaban J connectivity index is 3.12. The van der Waals surface area contributed by atoms with Gasteiger partial charge in [-0.2, -0.15) is 0 Å². The first-order chi connectivity index (χ1) is 5.65. The van der Waals surface area contributed by atoms with Crippen LogP contribution in [0.3, 0.4) is 0 Å². The van der Waals surface area contributed by atoms with Crippen LogP contribution in [0.2, 0.25) is 0 Å². The van der Waals surface area contributed by atoms with Gasteiger partial charge in [0.15, 0.2) is 0 Å². The number of hydrogen-bond acceptors (Lipinski definition) is 1. The number of hydrogen-bond donors (Lipinski definition) is 0. The van der Waals surface area contributed by atoms with Crippen LogP contribution in [-0.4, -0.2) is 7.11 Å². The van der Waals surface area contributed by atoms with Crippen LogP contribution in [0.5, 0.6) is 5.75 Å². The van der Waals surface area contributed by atoms with Crippen molar-refractivity contribution >= 4 is 15.9 Å². The highest BCUT2D eigenvalue weighted by atomic mass is 79.9. The fourth-order valence-electron chi connectivity index (χ4n) is 1.02. The largest absolute Gasteiger partial charge is 0.496 e. The van der Waals surface area contributed by atoms with Gasteiger partial charge in [0.05, 0.1) is 7.11 Å². The maximum absolute atomic E-state index is 13.0. The summed E-state index contributed by atoms with van der Waals surface area (Å²) in [5.74, 6) is 0.591. The highest BCUT2D eigenvalue weighted by molar-refractivity contribution is 9.10. The molecule has 0 aromatic heterocycles. The molecule has 1 aromatic rings. The number of alkyl halides is 1. The molecule has 0 radical (unpaired) electrons. The first-order valence-corrected chi connectivity index (χ1v) is 4.42. The summed E-state index contributed by atoms with van der Waals surface area (Å²) in [7, 11) is 1.54. The molecule has 1 atom stereocenters. The molecule has 0 aliphatic carbocycles. The van der Waals surface area contributed by atoms with Crippen LogP contribution in [0.1, 0.15) is 18.7 Å². The highest BCUT2D eigenvalue weighted by Gasteiger charge is 2.09. The Bertz CT molecular complexity index is 273. The summed E-state index contributed by atoms with van der Waals surface area (Å²) in [6.07, 6.45) is -1.00. The van der Waals surface area contributed by atoms with Gasteiger partial charge in [-0.1, -0.05) is 15.9 Å². The molecule has 0 amide bonds. The average Bonchev–Trinajstić information content (AvgIpc) is 2.04. The molecule has 0 aliphatic heterocycles. The molecule has 0 heterocycles. The zero-order chi connectivity index (χ0) is 9.14. The Kier molecular flexibility index (Phi) is 3.09. The first-order valence-electron chi connectivity index (χ1n) is 3.62. The highest BCUT2D eigenvalue weighted by Crippen LogP contribution is 2.29. The second kappa shape index (κ2) is 3.90. The molecule has 66 valence electrons. The van der Waals surface area contributed by atoms with Crippen molar-refractivity contribution in [2.24, 2.45) is 0 Å². The molecule has 1 rings (SSSR count). The van der Waals surface area contributed by atoms with Crippen molar-refractivity contribution < 1.29 is 9.13 Å². The summed E-state index contributed by atoms with van der Waals surface area (Å²) in [5.41, 5.74) is 0.576. The van der Waals surface area contributed by atoms with Gasteiger partial charge in [0.25, 0.3) is 0 Å². The van der Waals surface area contributed by atoms with Gasteiger partial charge in [-0.05, 0) is 25.1 Å². The van der Waals surface area contributed by atoms with Gasteiger partial charge < -0.3 is 4.74 Å². The van der Waals surface area contributed by atoms with Crippen molar-refractivity contribution in [3.63, 3.8) is 0 Å². The third kappa shape index (κ3) is 1.97. The van der Waals surface area contributed by atoms with Crippen LogP contribution in [0.4, 0.5) is 4.39 Å². The van der Waals surface area contributed by atoms with E-state index in [1.165, 1.54) is 14.0 Å². The third-order valence-corrected chi connectivity index (χ3v) is 2.11. The maximum Gasteiger partial charge on any atom is 0.126 e. The Hall–Kier alpha value is -0.570. The SMILES string of the molecule is COc1ccc(Br)cc1C(C)F. The molecule has 0 bridgehead atoms. The molecule has 0 N–H and O–H groups in total. The molecule has 0 saturated heterocycles. The lowest BCUT2D eigenvalue weighted by Gasteiger charge is -2.09. The van der Waals surface area contributed by atoms with Crippen LogP contribution in [0.15, 0.2) is 22.7 Å². The summed E-state index contributed by atoms with van der Waals surface area (Å²) < 4.78 is 18.8. The summed E-state index contributed by atoms with van der Waals surface area (Å²) in [6, 6.07) is 5.30. The third-order valence-electron chi connectivity index (χ3n) is 1.62. The van der Waals surface area contributed by atoms with Gasteiger partial charge in [0, 0.05) is 10.0 Å². The Labute approximate surface area is 79.7 Å². The predicted molar refractivity (Wildman–Crippen MR) is 50.2 cm³/mol. The van der Waals surface area contributed by atoms with Crippen LogP contribution in [0, 0.1) is 0 Å². The van der Waals surface area contributed by atoms with Crippen molar-refractivity contribution in [1.82, 2.24) is 0 Å². The van der Waals surface area contributed by atoms with Gasteiger partial charge >= 0.3 is 0 Å². The molecule has 0 fully saturated rings. The van der Waals surface area contributed by atoms with Crippen LogP contribution in [-0.2, 0) is 0 Å². The van der Waals surface area contributed by atoms with Crippen LogP contribution >= 0.6 is 15.9 Å². The van der Waals surface area contributed by atoms with Crippen molar-refractivity contribution in [1.29, 1.82) is 0 Å². The van der Waals surface area contributed by atoms with E-state index >= 15 is 0 Å². The molecule has 1 aromatic carbocycles. The van der Waals surface area contributed by atoms with E-state index in [9.17, 15) is 4.39 Å². The molecular weight excluding hydrogens is 223 g/mol. The van der Waals surface area contributed by atoms with Gasteiger partial charge in [-0.25, -0.2) is 4.39 Å². The van der Waals surface area contributed by atoms with E-state index in [4.69, 9.17) is 4.74 Å². The van der Waals surface area contributed by atoms with Crippen LogP contribution < -0.4 is 4.74 Å². The Morgan fingerprint density at radius 1 is 1.50 bits per heavy atom. The summed E-state index contributed by atoms with van der Waals surface area (Å²) in [4.78, 5) is 0. The minimum absolute atomic E-state index is 0.576. The summed E-state index contributed by atoms with van der Waals surface area (Å²) in [6.45, 7) is 1.49. The molecule has 0 spiro atoms. The minimum Gasteiger partial charge on any atom is -0.496 e. The Morgan fingerprint density at radius 3 is 2.67 bits per heavy atom. The van der Waals surface area contributed by atoms with Crippen LogP contribution in [0.25, 0.3) is 0 Å². The molecule has 12 heavy (non-hydrogen) atoms. The van der Waals surface area contributed by atoms with Gasteiger partial charge in [-0.15, -0.1) is 0 Å². The van der Waals surface area contributed by atoms with Gasteiger partial charge in [-0.3, -0.25) is 0 Å². The fraction of sp³-hybridized carbons (Fsp3) is 0.333. The summed E-state index contributed by atoms with van der Waals surface area (Å²) >= 11 is 3.27. The van der Waals surface area contributed by atoms with Crippen molar-refractivity contribution in [2.45, 2.75) is 13.1 Å². The standard InChI is InChI=1S/C9H10BrFO/c1-6(11)8-5-7(10)3-4-9(8)12-2/h3-6H,1-2H3. The van der Waals surface area contributed by atoms with E-state index in [0.29, 0.717) is 11.3 Å². The molecule has 3 heteroatoms. The Morgan fingerprint density at radius 2 is 2.17 bits per heavy atom. The first kappa shape index (κ1) is 9.52. The van der Waals surface area contributed by atoms with E-state index in [2.05, 4.69) is 15.9 Å². The van der Waals surface area contributed by atoms with E-state index in [1.807, 2.05) is 6.07 Å². The molecular formula is C9H10BrFO. The topological polar surface area (TPSA) is 9.23 Å². The number of benzene rings is 1. The quantitative estimate of drug-likeness (QED) is 0.759. The number of halogens is 2. The van der Waals surface area contributed by atoms with Crippen molar-refractivity contribution in [3.05, 3.63) is 28.2 Å². The van der Waals surface area contributed by atoms with Gasteiger partial charge in [0.2, 0.25) is 0 Å². The second-order valence-corrected chi connectivity index (χ2v) is 3.42. The zero-order valence-electron chi connectivity index (χ0n) is 6.97. The molecule has 1 unspecified atom stereocenters. The maximum atomic E-state index is 13.0. The second-order valence-electron chi connectivity index (χ2n) is 2.50. The van der Waals surface area contributed by atoms with Crippen molar-refractivity contribution in [3.8, 4) is 5.75 Å². The van der Waals surface area contributed by atoms with Crippen molar-refractivity contribution in [2.75, 3.05) is 7.11 Å². The smallest absolute Gasteiger partial charge is 0.126 e. The van der Waals surface area contributed by atoms with E-state index < -0.39 is 6.17 Å². The fourth-order valence-corrected chi connectivity index (χ4v) is 1.39. The average molecular weight is 233 g/mol. The summed E-state index contributed by atoms with van der Waals surface area (Å²) in [5, 5.41) is 0. The molecule has 0 saturated carbocycles. The van der Waals surface area contributed by atoms with E-state index in [-0.39, 0.29) is 0 Å². The van der Waals surface area contributed by atoms with E-state index in [0.717, 1.165) is 4.47 Å². The molecule has 0 aliphatic rings. The molecule has 1 nitrogen and oxygen atoms in total. The van der Waals surface area contributed by atoms with E-state index in [1.54, 1.807) is 12.1 Å². The number of methoxy groups -OCH3 is 1. The lowest BCUT2D eigenvalue weighted by molar-refractivity contribution is 0.346. The normalized spacial score (nSPS) is 12.7. The lowest BCUT2D eigenvalue weighted by atomic mass is 10.1. The minimum atomic E-state index is -1.00. The monoisotopic (exact) mass is 232 g/mol. The van der Waals surface area contributed by atoms with Gasteiger partial charge in [0.1, 0.15) is 11.9 Å². The number of rotatable bonds is 2. The zero-order valence-corrected chi connectivity index (χ0v) is 8.56. The number of ether oxygens (including phenoxy) is 1.